The van der Waals surface area contributed by atoms with Crippen molar-refractivity contribution in [3.63, 3.8) is 0 Å². The molecule has 0 heterocycles. The summed E-state index contributed by atoms with van der Waals surface area (Å²) in [5, 5.41) is 8.78. The van der Waals surface area contributed by atoms with E-state index in [2.05, 4.69) is 20.8 Å². The second kappa shape index (κ2) is 9.23. The molecule has 2 aromatic carbocycles. The number of nitrogens with zero attached hydrogens (tertiary/aromatic N) is 1. The molecule has 4 nitrogen and oxygen atoms in total. The van der Waals surface area contributed by atoms with Gasteiger partial charge in [0, 0.05) is 35.2 Å². The minimum absolute atomic E-state index is 0.167. The molecule has 0 unspecified atom stereocenters. The Kier molecular flexibility index (Phi) is 7.00. The van der Waals surface area contributed by atoms with Crippen LogP contribution in [-0.2, 0) is 11.3 Å². The minimum atomic E-state index is -0.776. The van der Waals surface area contributed by atoms with Crippen LogP contribution >= 0.6 is 15.9 Å². The van der Waals surface area contributed by atoms with Crippen LogP contribution in [0, 0.1) is 0 Å². The van der Waals surface area contributed by atoms with Crippen molar-refractivity contribution < 1.29 is 14.7 Å². The summed E-state index contributed by atoms with van der Waals surface area (Å²) in [6, 6.07) is 15.7. The average molecular weight is 390 g/mol. The molecule has 126 valence electrons. The van der Waals surface area contributed by atoms with Crippen LogP contribution in [0.1, 0.15) is 35.2 Å². The fourth-order valence-corrected chi connectivity index (χ4v) is 2.95. The smallest absolute Gasteiger partial charge is 0.303 e. The van der Waals surface area contributed by atoms with Gasteiger partial charge in [0.1, 0.15) is 0 Å². The predicted molar refractivity (Wildman–Crippen MR) is 98.5 cm³/mol. The molecule has 0 aliphatic rings. The molecule has 0 amide bonds. The molecule has 0 radical (unpaired) electrons. The van der Waals surface area contributed by atoms with E-state index in [9.17, 15) is 9.59 Å². The van der Waals surface area contributed by atoms with Gasteiger partial charge in [-0.05, 0) is 36.6 Å². The average Bonchev–Trinajstić information content (AvgIpc) is 2.58. The van der Waals surface area contributed by atoms with E-state index in [1.807, 2.05) is 42.5 Å². The number of hydrogen-bond acceptors (Lipinski definition) is 3. The van der Waals surface area contributed by atoms with Crippen molar-refractivity contribution in [2.24, 2.45) is 0 Å². The normalized spacial score (nSPS) is 10.4. The van der Waals surface area contributed by atoms with Gasteiger partial charge in [-0.2, -0.15) is 0 Å². The Morgan fingerprint density at radius 3 is 2.54 bits per heavy atom. The lowest BCUT2D eigenvalue weighted by Crippen LogP contribution is -2.25. The molecule has 0 saturated heterocycles. The van der Waals surface area contributed by atoms with Gasteiger partial charge in [0.2, 0.25) is 0 Å². The van der Waals surface area contributed by atoms with Crippen LogP contribution in [0.4, 0.5) is 5.69 Å². The summed E-state index contributed by atoms with van der Waals surface area (Å²) in [5.74, 6) is -0.776. The molecule has 2 rings (SSSR count). The van der Waals surface area contributed by atoms with E-state index in [1.165, 1.54) is 0 Å². The zero-order chi connectivity index (χ0) is 17.4. The summed E-state index contributed by atoms with van der Waals surface area (Å²) in [5.41, 5.74) is 2.64. The third-order valence-corrected chi connectivity index (χ3v) is 4.24. The summed E-state index contributed by atoms with van der Waals surface area (Å²) in [7, 11) is 0. The van der Waals surface area contributed by atoms with Gasteiger partial charge in [-0.3, -0.25) is 9.59 Å². The number of benzene rings is 2. The molecule has 0 fully saturated rings. The number of carbonyl (C=O) groups is 2. The first-order valence-electron chi connectivity index (χ1n) is 7.85. The van der Waals surface area contributed by atoms with Crippen molar-refractivity contribution in [3.8, 4) is 0 Å². The second-order valence-corrected chi connectivity index (χ2v) is 6.49. The van der Waals surface area contributed by atoms with Gasteiger partial charge in [-0.1, -0.05) is 46.3 Å². The number of unbranched alkanes of at least 4 members (excludes halogenated alkanes) is 1. The van der Waals surface area contributed by atoms with Crippen molar-refractivity contribution in [1.82, 2.24) is 0 Å². The lowest BCUT2D eigenvalue weighted by molar-refractivity contribution is -0.137. The number of carboxylic acids is 1. The van der Waals surface area contributed by atoms with Gasteiger partial charge < -0.3 is 10.0 Å². The number of carbonyl (C=O) groups excluding carboxylic acids is 1. The van der Waals surface area contributed by atoms with Gasteiger partial charge >= 0.3 is 5.97 Å². The lowest BCUT2D eigenvalue weighted by Gasteiger charge is -2.26. The number of anilines is 1. The second-order valence-electron chi connectivity index (χ2n) is 5.58. The minimum Gasteiger partial charge on any atom is -0.481 e. The van der Waals surface area contributed by atoms with E-state index in [0.29, 0.717) is 25.1 Å². The highest BCUT2D eigenvalue weighted by atomic mass is 79.9. The number of carboxylic acid groups (broad SMARTS) is 1. The molecule has 1 N–H and O–H groups in total. The number of aldehydes is 1. The van der Waals surface area contributed by atoms with Crippen molar-refractivity contribution in [1.29, 1.82) is 0 Å². The van der Waals surface area contributed by atoms with Crippen LogP contribution in [0.5, 0.6) is 0 Å². The van der Waals surface area contributed by atoms with Crippen molar-refractivity contribution in [2.75, 3.05) is 11.4 Å². The Hall–Kier alpha value is -2.14. The topological polar surface area (TPSA) is 57.6 Å². The quantitative estimate of drug-likeness (QED) is 0.505. The molecule has 0 aliphatic heterocycles. The van der Waals surface area contributed by atoms with Gasteiger partial charge in [0.25, 0.3) is 0 Å². The molecule has 0 aliphatic carbocycles. The molecule has 0 bridgehead atoms. The van der Waals surface area contributed by atoms with Gasteiger partial charge in [0.05, 0.1) is 0 Å². The largest absolute Gasteiger partial charge is 0.481 e. The highest BCUT2D eigenvalue weighted by molar-refractivity contribution is 9.10. The molecular formula is C19H20BrNO3. The monoisotopic (exact) mass is 389 g/mol. The third kappa shape index (κ3) is 5.49. The van der Waals surface area contributed by atoms with Gasteiger partial charge in [-0.15, -0.1) is 0 Å². The number of aliphatic carboxylic acids is 1. The molecule has 0 spiro atoms. The SMILES string of the molecule is O=Cc1cc(Br)ccc1N(CCCCC(=O)O)Cc1ccccc1. The Labute approximate surface area is 150 Å². The third-order valence-electron chi connectivity index (χ3n) is 3.74. The van der Waals surface area contributed by atoms with Crippen LogP contribution in [-0.4, -0.2) is 23.9 Å². The molecule has 5 heteroatoms. The highest BCUT2D eigenvalue weighted by Gasteiger charge is 2.12. The van der Waals surface area contributed by atoms with E-state index in [4.69, 9.17) is 5.11 Å². The Bertz CT molecular complexity index is 688. The molecule has 0 aromatic heterocycles. The van der Waals surface area contributed by atoms with Crippen molar-refractivity contribution >= 4 is 33.9 Å². The molecule has 0 atom stereocenters. The van der Waals surface area contributed by atoms with E-state index in [0.717, 1.165) is 28.4 Å². The Balaban J connectivity index is 2.18. The zero-order valence-corrected chi connectivity index (χ0v) is 14.9. The first-order chi connectivity index (χ1) is 11.6. The standard InChI is InChI=1S/C19H20BrNO3/c20-17-9-10-18(16(12-17)14-22)21(11-5-4-8-19(23)24)13-15-6-2-1-3-7-15/h1-3,6-7,9-10,12,14H,4-5,8,11,13H2,(H,23,24). The fraction of sp³-hybridized carbons (Fsp3) is 0.263. The Morgan fingerprint density at radius 1 is 1.12 bits per heavy atom. The fourth-order valence-electron chi connectivity index (χ4n) is 2.58. The zero-order valence-electron chi connectivity index (χ0n) is 13.3. The van der Waals surface area contributed by atoms with Gasteiger partial charge in [-0.25, -0.2) is 0 Å². The van der Waals surface area contributed by atoms with E-state index in [1.54, 1.807) is 6.07 Å². The summed E-state index contributed by atoms with van der Waals surface area (Å²) < 4.78 is 0.860. The molecule has 2 aromatic rings. The van der Waals surface area contributed by atoms with Crippen LogP contribution in [0.3, 0.4) is 0 Å². The number of rotatable bonds is 9. The highest BCUT2D eigenvalue weighted by Crippen LogP contribution is 2.25. The summed E-state index contributed by atoms with van der Waals surface area (Å²) in [6.07, 6.45) is 2.40. The van der Waals surface area contributed by atoms with Crippen LogP contribution in [0.25, 0.3) is 0 Å². The van der Waals surface area contributed by atoms with Gasteiger partial charge in [0.15, 0.2) is 6.29 Å². The molecular weight excluding hydrogens is 370 g/mol. The summed E-state index contributed by atoms with van der Waals surface area (Å²) in [6.45, 7) is 1.38. The maximum atomic E-state index is 11.4. The van der Waals surface area contributed by atoms with Crippen molar-refractivity contribution in [2.45, 2.75) is 25.8 Å². The van der Waals surface area contributed by atoms with Crippen LogP contribution in [0.15, 0.2) is 53.0 Å². The van der Waals surface area contributed by atoms with E-state index < -0.39 is 5.97 Å². The van der Waals surface area contributed by atoms with Crippen molar-refractivity contribution in [3.05, 3.63) is 64.1 Å². The first kappa shape index (κ1) is 18.2. The number of hydrogen-bond donors (Lipinski definition) is 1. The van der Waals surface area contributed by atoms with E-state index >= 15 is 0 Å². The predicted octanol–water partition coefficient (Wildman–Crippen LogP) is 4.52. The molecule has 0 saturated carbocycles. The lowest BCUT2D eigenvalue weighted by atomic mass is 10.1. The van der Waals surface area contributed by atoms with Crippen LogP contribution < -0.4 is 4.90 Å². The molecule has 24 heavy (non-hydrogen) atoms. The maximum Gasteiger partial charge on any atom is 0.303 e. The first-order valence-corrected chi connectivity index (χ1v) is 8.65. The Morgan fingerprint density at radius 2 is 1.88 bits per heavy atom. The van der Waals surface area contributed by atoms with E-state index in [-0.39, 0.29) is 6.42 Å². The summed E-state index contributed by atoms with van der Waals surface area (Å²) in [4.78, 5) is 24.2. The van der Waals surface area contributed by atoms with Crippen LogP contribution in [0.2, 0.25) is 0 Å². The maximum absolute atomic E-state index is 11.4. The summed E-state index contributed by atoms with van der Waals surface area (Å²) >= 11 is 3.39. The number of halogens is 1.